The van der Waals surface area contributed by atoms with E-state index >= 15 is 0 Å². The average Bonchev–Trinajstić information content (AvgIpc) is 3.25. The number of hydrogen-bond acceptors (Lipinski definition) is 4. The normalized spacial score (nSPS) is 10.8. The Morgan fingerprint density at radius 1 is 1.03 bits per heavy atom. The zero-order chi connectivity index (χ0) is 22.5. The summed E-state index contributed by atoms with van der Waals surface area (Å²) in [5.41, 5.74) is 4.37. The van der Waals surface area contributed by atoms with Crippen LogP contribution in [0.2, 0.25) is 0 Å². The maximum Gasteiger partial charge on any atom is 0.259 e. The van der Waals surface area contributed by atoms with Crippen molar-refractivity contribution in [3.63, 3.8) is 0 Å². The van der Waals surface area contributed by atoms with Gasteiger partial charge in [0.05, 0.1) is 11.9 Å². The standard InChI is InChI=1S/C25H25N5O2/c1-3-15-29(17-23(31)28-21-12-8-7-9-18(21)2)25(32)20-16-27-30-22(13-14-26-24(20)30)19-10-5-4-6-11-19/h4-14,16H,3,15,17H2,1-2H3,(H,28,31). The van der Waals surface area contributed by atoms with Gasteiger partial charge in [0.1, 0.15) is 12.1 Å². The molecule has 2 aromatic heterocycles. The first-order valence-electron chi connectivity index (χ1n) is 10.6. The van der Waals surface area contributed by atoms with Gasteiger partial charge in [-0.1, -0.05) is 55.5 Å². The molecule has 2 heterocycles. The van der Waals surface area contributed by atoms with E-state index in [-0.39, 0.29) is 18.4 Å². The van der Waals surface area contributed by atoms with E-state index in [9.17, 15) is 9.59 Å². The number of fused-ring (bicyclic) bond motifs is 1. The summed E-state index contributed by atoms with van der Waals surface area (Å²) in [6.07, 6.45) is 3.93. The third-order valence-corrected chi connectivity index (χ3v) is 5.24. The Bertz CT molecular complexity index is 1250. The number of hydrogen-bond donors (Lipinski definition) is 1. The molecule has 0 unspecified atom stereocenters. The molecule has 0 atom stereocenters. The maximum atomic E-state index is 13.4. The molecule has 0 aliphatic rings. The lowest BCUT2D eigenvalue weighted by Crippen LogP contribution is -2.38. The molecule has 4 aromatic rings. The van der Waals surface area contributed by atoms with Gasteiger partial charge in [0.2, 0.25) is 5.91 Å². The molecule has 0 aliphatic heterocycles. The van der Waals surface area contributed by atoms with Gasteiger partial charge in [0, 0.05) is 24.0 Å². The minimum atomic E-state index is -0.264. The molecule has 7 heteroatoms. The van der Waals surface area contributed by atoms with Crippen molar-refractivity contribution < 1.29 is 9.59 Å². The molecule has 7 nitrogen and oxygen atoms in total. The number of aromatic nitrogens is 3. The summed E-state index contributed by atoms with van der Waals surface area (Å²) in [6, 6.07) is 19.2. The molecule has 0 spiro atoms. The summed E-state index contributed by atoms with van der Waals surface area (Å²) in [5.74, 6) is -0.505. The van der Waals surface area contributed by atoms with Gasteiger partial charge in [0.25, 0.3) is 5.91 Å². The lowest BCUT2D eigenvalue weighted by molar-refractivity contribution is -0.116. The Morgan fingerprint density at radius 3 is 2.53 bits per heavy atom. The monoisotopic (exact) mass is 427 g/mol. The number of benzene rings is 2. The number of nitrogens with zero attached hydrogens (tertiary/aromatic N) is 4. The van der Waals surface area contributed by atoms with Crippen LogP contribution < -0.4 is 5.32 Å². The highest BCUT2D eigenvalue weighted by Crippen LogP contribution is 2.21. The van der Waals surface area contributed by atoms with Crippen LogP contribution in [0.4, 0.5) is 5.69 Å². The van der Waals surface area contributed by atoms with Crippen LogP contribution in [-0.4, -0.2) is 44.4 Å². The van der Waals surface area contributed by atoms with Gasteiger partial charge >= 0.3 is 0 Å². The Morgan fingerprint density at radius 2 is 1.78 bits per heavy atom. The van der Waals surface area contributed by atoms with Crippen LogP contribution in [0, 0.1) is 6.92 Å². The zero-order valence-electron chi connectivity index (χ0n) is 18.2. The van der Waals surface area contributed by atoms with Crippen molar-refractivity contribution in [2.75, 3.05) is 18.4 Å². The Hall–Kier alpha value is -4.00. The highest BCUT2D eigenvalue weighted by Gasteiger charge is 2.23. The summed E-state index contributed by atoms with van der Waals surface area (Å²) in [4.78, 5) is 32.0. The second-order valence-electron chi connectivity index (χ2n) is 7.58. The minimum Gasteiger partial charge on any atom is -0.329 e. The van der Waals surface area contributed by atoms with Gasteiger partial charge in [-0.3, -0.25) is 9.59 Å². The molecule has 1 N–H and O–H groups in total. The van der Waals surface area contributed by atoms with E-state index in [1.165, 1.54) is 6.20 Å². The van der Waals surface area contributed by atoms with Gasteiger partial charge in [-0.2, -0.15) is 5.10 Å². The Kier molecular flexibility index (Phi) is 6.26. The number of para-hydroxylation sites is 1. The second kappa shape index (κ2) is 9.43. The third kappa shape index (κ3) is 4.37. The number of nitrogens with one attached hydrogen (secondary N) is 1. The number of carbonyl (C=O) groups is 2. The molecule has 0 aliphatic carbocycles. The fraction of sp³-hybridized carbons (Fsp3) is 0.200. The highest BCUT2D eigenvalue weighted by molar-refractivity contribution is 6.03. The van der Waals surface area contributed by atoms with E-state index in [0.717, 1.165) is 28.9 Å². The topological polar surface area (TPSA) is 79.6 Å². The van der Waals surface area contributed by atoms with Crippen molar-refractivity contribution in [2.45, 2.75) is 20.3 Å². The summed E-state index contributed by atoms with van der Waals surface area (Å²) in [6.45, 7) is 4.31. The lowest BCUT2D eigenvalue weighted by atomic mass is 10.1. The van der Waals surface area contributed by atoms with Crippen molar-refractivity contribution in [2.24, 2.45) is 0 Å². The third-order valence-electron chi connectivity index (χ3n) is 5.24. The Labute approximate surface area is 186 Å². The van der Waals surface area contributed by atoms with Gasteiger partial charge < -0.3 is 10.2 Å². The number of carbonyl (C=O) groups excluding carboxylic acids is 2. The molecule has 32 heavy (non-hydrogen) atoms. The van der Waals surface area contributed by atoms with Gasteiger partial charge in [0.15, 0.2) is 5.65 Å². The molecule has 162 valence electrons. The number of rotatable bonds is 7. The molecule has 0 radical (unpaired) electrons. The van der Waals surface area contributed by atoms with E-state index in [4.69, 9.17) is 0 Å². The second-order valence-corrected chi connectivity index (χ2v) is 7.58. The van der Waals surface area contributed by atoms with E-state index < -0.39 is 0 Å². The van der Waals surface area contributed by atoms with Crippen molar-refractivity contribution >= 4 is 23.1 Å². The van der Waals surface area contributed by atoms with Crippen LogP contribution in [0.5, 0.6) is 0 Å². The van der Waals surface area contributed by atoms with Crippen LogP contribution in [0.1, 0.15) is 29.3 Å². The average molecular weight is 428 g/mol. The van der Waals surface area contributed by atoms with Crippen molar-refractivity contribution in [3.8, 4) is 11.3 Å². The van der Waals surface area contributed by atoms with Crippen LogP contribution in [-0.2, 0) is 4.79 Å². The zero-order valence-corrected chi connectivity index (χ0v) is 18.2. The Balaban J connectivity index is 1.59. The highest BCUT2D eigenvalue weighted by atomic mass is 16.2. The van der Waals surface area contributed by atoms with E-state index in [1.807, 2.05) is 74.5 Å². The first-order valence-corrected chi connectivity index (χ1v) is 10.6. The molecule has 0 saturated heterocycles. The predicted octanol–water partition coefficient (Wildman–Crippen LogP) is 4.20. The van der Waals surface area contributed by atoms with Gasteiger partial charge in [-0.25, -0.2) is 9.50 Å². The fourth-order valence-electron chi connectivity index (χ4n) is 3.64. The summed E-state index contributed by atoms with van der Waals surface area (Å²) in [7, 11) is 0. The minimum absolute atomic E-state index is 0.0449. The van der Waals surface area contributed by atoms with Crippen LogP contribution in [0.3, 0.4) is 0 Å². The number of amides is 2. The maximum absolute atomic E-state index is 13.4. The van der Waals surface area contributed by atoms with Crippen molar-refractivity contribution in [1.29, 1.82) is 0 Å². The molecule has 0 saturated carbocycles. The van der Waals surface area contributed by atoms with E-state index in [0.29, 0.717) is 17.8 Å². The van der Waals surface area contributed by atoms with E-state index in [2.05, 4.69) is 15.4 Å². The van der Waals surface area contributed by atoms with E-state index in [1.54, 1.807) is 15.6 Å². The predicted molar refractivity (Wildman–Crippen MR) is 124 cm³/mol. The molecule has 0 bridgehead atoms. The van der Waals surface area contributed by atoms with Crippen LogP contribution in [0.25, 0.3) is 16.9 Å². The number of aryl methyl sites for hydroxylation is 1. The molecule has 0 fully saturated rings. The largest absolute Gasteiger partial charge is 0.329 e. The van der Waals surface area contributed by atoms with Gasteiger partial charge in [-0.15, -0.1) is 0 Å². The molecule has 2 amide bonds. The van der Waals surface area contributed by atoms with Crippen LogP contribution in [0.15, 0.2) is 73.1 Å². The number of anilines is 1. The van der Waals surface area contributed by atoms with Crippen LogP contribution >= 0.6 is 0 Å². The fourth-order valence-corrected chi connectivity index (χ4v) is 3.64. The first kappa shape index (κ1) is 21.2. The summed E-state index contributed by atoms with van der Waals surface area (Å²) in [5, 5.41) is 7.32. The van der Waals surface area contributed by atoms with Crippen molar-refractivity contribution in [1.82, 2.24) is 19.5 Å². The quantitative estimate of drug-likeness (QED) is 0.479. The van der Waals surface area contributed by atoms with Crippen molar-refractivity contribution in [3.05, 3.63) is 84.2 Å². The lowest BCUT2D eigenvalue weighted by Gasteiger charge is -2.21. The molecular weight excluding hydrogens is 402 g/mol. The molecule has 2 aromatic carbocycles. The SMILES string of the molecule is CCCN(CC(=O)Nc1ccccc1C)C(=O)c1cnn2c(-c3ccccc3)ccnc12. The smallest absolute Gasteiger partial charge is 0.259 e. The molecule has 4 rings (SSSR count). The summed E-state index contributed by atoms with van der Waals surface area (Å²) >= 11 is 0. The van der Waals surface area contributed by atoms with Gasteiger partial charge in [-0.05, 0) is 31.0 Å². The molecular formula is C25H25N5O2. The summed E-state index contributed by atoms with van der Waals surface area (Å²) < 4.78 is 1.67. The first-order chi connectivity index (χ1) is 15.6.